The minimum atomic E-state index is -3.62. The Morgan fingerprint density at radius 1 is 1.28 bits per heavy atom. The van der Waals surface area contributed by atoms with Gasteiger partial charge in [-0.05, 0) is 50.8 Å². The van der Waals surface area contributed by atoms with Gasteiger partial charge in [-0.15, -0.1) is 11.3 Å². The molecule has 0 radical (unpaired) electrons. The number of ether oxygens (including phenoxy) is 2. The van der Waals surface area contributed by atoms with Gasteiger partial charge in [-0.1, -0.05) is 12.1 Å². The highest BCUT2D eigenvalue weighted by Gasteiger charge is 2.46. The lowest BCUT2D eigenvalue weighted by molar-refractivity contribution is -0.185. The van der Waals surface area contributed by atoms with E-state index in [1.54, 1.807) is 26.8 Å². The Bertz CT molecular complexity index is 1160. The second kappa shape index (κ2) is 8.59. The number of benzene rings is 1. The normalized spacial score (nSPS) is 14.8. The van der Waals surface area contributed by atoms with Crippen LogP contribution >= 0.6 is 11.3 Å². The van der Waals surface area contributed by atoms with E-state index >= 15 is 0 Å². The maximum Gasteiger partial charge on any atom is 0.419 e. The van der Waals surface area contributed by atoms with Crippen LogP contribution in [-0.2, 0) is 20.1 Å². The van der Waals surface area contributed by atoms with Crippen molar-refractivity contribution in [2.45, 2.75) is 45.3 Å². The van der Waals surface area contributed by atoms with Crippen LogP contribution < -0.4 is 0 Å². The first-order valence-corrected chi connectivity index (χ1v) is 10.6. The molecule has 1 aromatic carbocycles. The number of esters is 1. The summed E-state index contributed by atoms with van der Waals surface area (Å²) in [4.78, 5) is 23.7. The molecule has 2 aromatic heterocycles. The number of alkyl halides is 2. The van der Waals surface area contributed by atoms with E-state index in [9.17, 15) is 27.9 Å². The van der Waals surface area contributed by atoms with Gasteiger partial charge in [-0.3, -0.25) is 0 Å². The van der Waals surface area contributed by atoms with E-state index in [2.05, 4.69) is 4.74 Å². The Kier molecular flexibility index (Phi) is 6.39. The number of aromatic nitrogens is 1. The molecule has 6 nitrogen and oxygen atoms in total. The highest BCUT2D eigenvalue weighted by atomic mass is 32.1. The second-order valence-electron chi connectivity index (χ2n) is 8.02. The van der Waals surface area contributed by atoms with Crippen molar-refractivity contribution in [3.8, 4) is 11.1 Å². The molecule has 0 aliphatic carbocycles. The number of thiophene rings is 1. The van der Waals surface area contributed by atoms with Crippen molar-refractivity contribution < 1.29 is 37.3 Å². The molecule has 0 aliphatic heterocycles. The summed E-state index contributed by atoms with van der Waals surface area (Å²) in [5, 5.41) is 11.7. The van der Waals surface area contributed by atoms with Crippen molar-refractivity contribution in [1.82, 2.24) is 4.57 Å². The number of hydrogen-bond donors (Lipinski definition) is 1. The average Bonchev–Trinajstić information content (AvgIpc) is 3.32. The van der Waals surface area contributed by atoms with E-state index in [1.807, 2.05) is 0 Å². The number of halogens is 3. The van der Waals surface area contributed by atoms with Crippen LogP contribution in [0.4, 0.5) is 18.0 Å². The number of fused-ring (bicyclic) bond motifs is 1. The molecular weight excluding hydrogens is 447 g/mol. The van der Waals surface area contributed by atoms with Crippen LogP contribution in [-0.4, -0.2) is 40.1 Å². The number of carbonyl (C=O) groups is 2. The number of hydrogen-bond acceptors (Lipinski definition) is 6. The molecule has 0 saturated carbocycles. The molecule has 0 spiro atoms. The van der Waals surface area contributed by atoms with E-state index in [0.717, 1.165) is 10.6 Å². The molecule has 172 valence electrons. The molecule has 0 aliphatic rings. The minimum Gasteiger partial charge on any atom is -0.464 e. The summed E-state index contributed by atoms with van der Waals surface area (Å²) in [5.74, 6) is -5.83. The molecule has 3 rings (SSSR count). The van der Waals surface area contributed by atoms with E-state index in [0.29, 0.717) is 22.3 Å². The van der Waals surface area contributed by atoms with Gasteiger partial charge in [0.1, 0.15) is 11.4 Å². The Morgan fingerprint density at radius 2 is 1.97 bits per heavy atom. The predicted octanol–water partition coefficient (Wildman–Crippen LogP) is 5.31. The van der Waals surface area contributed by atoms with Crippen molar-refractivity contribution in [1.29, 1.82) is 0 Å². The van der Waals surface area contributed by atoms with E-state index in [-0.39, 0.29) is 17.7 Å². The standard InChI is InChI=1S/C22H22F3NO5S/c1-5-30-19(27)18(24)22(25,29)16-9-12(11-32-16)14-10-26(20(28)31-21(2,3)4)17-13(14)7-6-8-15(17)23/h6-11,18,29H,5H2,1-4H3. The summed E-state index contributed by atoms with van der Waals surface area (Å²) in [6.07, 6.45) is -2.44. The Morgan fingerprint density at radius 3 is 2.59 bits per heavy atom. The zero-order valence-electron chi connectivity index (χ0n) is 17.8. The van der Waals surface area contributed by atoms with Gasteiger partial charge < -0.3 is 14.6 Å². The second-order valence-corrected chi connectivity index (χ2v) is 8.93. The SMILES string of the molecule is CCOC(=O)C(F)C(O)(F)c1cc(-c2cn(C(=O)OC(C)(C)C)c3c(F)cccc23)cs1. The van der Waals surface area contributed by atoms with Crippen LogP contribution in [0.1, 0.15) is 32.6 Å². The number of rotatable bonds is 5. The minimum absolute atomic E-state index is 0.0464. The van der Waals surface area contributed by atoms with Crippen molar-refractivity contribution in [2.24, 2.45) is 0 Å². The monoisotopic (exact) mass is 469 g/mol. The van der Waals surface area contributed by atoms with Crippen LogP contribution in [0.5, 0.6) is 0 Å². The quantitative estimate of drug-likeness (QED) is 0.513. The Labute approximate surface area is 186 Å². The molecule has 0 bridgehead atoms. The summed E-state index contributed by atoms with van der Waals surface area (Å²) >= 11 is 0.664. The van der Waals surface area contributed by atoms with Crippen LogP contribution in [0, 0.1) is 5.82 Å². The fourth-order valence-electron chi connectivity index (χ4n) is 3.08. The molecule has 0 amide bonds. The topological polar surface area (TPSA) is 77.8 Å². The Hall–Kier alpha value is -2.85. The lowest BCUT2D eigenvalue weighted by Crippen LogP contribution is -2.38. The Balaban J connectivity index is 2.07. The van der Waals surface area contributed by atoms with Gasteiger partial charge in [0.2, 0.25) is 0 Å². The fraction of sp³-hybridized carbons (Fsp3) is 0.364. The van der Waals surface area contributed by atoms with Crippen LogP contribution in [0.25, 0.3) is 22.0 Å². The number of para-hydroxylation sites is 1. The smallest absolute Gasteiger partial charge is 0.419 e. The number of aliphatic hydroxyl groups is 1. The molecule has 2 heterocycles. The van der Waals surface area contributed by atoms with Crippen molar-refractivity contribution >= 4 is 34.3 Å². The van der Waals surface area contributed by atoms with E-state index < -0.39 is 40.4 Å². The van der Waals surface area contributed by atoms with Crippen LogP contribution in [0.15, 0.2) is 35.8 Å². The third-order valence-electron chi connectivity index (χ3n) is 4.45. The zero-order chi connectivity index (χ0) is 23.8. The van der Waals surface area contributed by atoms with Gasteiger partial charge in [0.15, 0.2) is 0 Å². The first-order chi connectivity index (χ1) is 14.9. The zero-order valence-corrected chi connectivity index (χ0v) is 18.6. The van der Waals surface area contributed by atoms with Crippen molar-refractivity contribution in [3.63, 3.8) is 0 Å². The predicted molar refractivity (Wildman–Crippen MR) is 113 cm³/mol. The summed E-state index contributed by atoms with van der Waals surface area (Å²) in [6.45, 7) is 6.24. The van der Waals surface area contributed by atoms with Crippen LogP contribution in [0.2, 0.25) is 0 Å². The van der Waals surface area contributed by atoms with Gasteiger partial charge in [0, 0.05) is 17.1 Å². The van der Waals surface area contributed by atoms with Gasteiger partial charge in [0.05, 0.1) is 17.0 Å². The first-order valence-electron chi connectivity index (χ1n) is 9.71. The van der Waals surface area contributed by atoms with Gasteiger partial charge in [0.25, 0.3) is 12.0 Å². The summed E-state index contributed by atoms with van der Waals surface area (Å²) < 4.78 is 54.4. The van der Waals surface area contributed by atoms with Gasteiger partial charge in [-0.25, -0.2) is 27.3 Å². The molecule has 2 unspecified atom stereocenters. The molecule has 3 aromatic rings. The number of carbonyl (C=O) groups excluding carboxylic acids is 2. The molecular formula is C22H22F3NO5S. The van der Waals surface area contributed by atoms with Crippen molar-refractivity contribution in [3.05, 3.63) is 46.5 Å². The average molecular weight is 469 g/mol. The van der Waals surface area contributed by atoms with E-state index in [1.165, 1.54) is 30.6 Å². The lowest BCUT2D eigenvalue weighted by Gasteiger charge is -2.20. The maximum atomic E-state index is 14.8. The lowest BCUT2D eigenvalue weighted by atomic mass is 10.1. The summed E-state index contributed by atoms with van der Waals surface area (Å²) in [5.41, 5.74) is -0.261. The van der Waals surface area contributed by atoms with Crippen molar-refractivity contribution in [2.75, 3.05) is 6.61 Å². The highest BCUT2D eigenvalue weighted by molar-refractivity contribution is 7.10. The van der Waals surface area contributed by atoms with Gasteiger partial charge in [-0.2, -0.15) is 0 Å². The molecule has 0 saturated heterocycles. The number of nitrogens with zero attached hydrogens (tertiary/aromatic N) is 1. The molecule has 32 heavy (non-hydrogen) atoms. The first kappa shape index (κ1) is 23.8. The highest BCUT2D eigenvalue weighted by Crippen LogP contribution is 2.40. The largest absolute Gasteiger partial charge is 0.464 e. The van der Waals surface area contributed by atoms with Gasteiger partial charge >= 0.3 is 12.1 Å². The third kappa shape index (κ3) is 4.51. The fourth-order valence-corrected chi connectivity index (χ4v) is 4.00. The summed E-state index contributed by atoms with van der Waals surface area (Å²) in [6, 6.07) is 5.32. The molecule has 0 fully saturated rings. The van der Waals surface area contributed by atoms with E-state index in [4.69, 9.17) is 4.74 Å². The third-order valence-corrected chi connectivity index (χ3v) is 5.48. The van der Waals surface area contributed by atoms with Crippen LogP contribution in [0.3, 0.4) is 0 Å². The molecule has 1 N–H and O–H groups in total. The summed E-state index contributed by atoms with van der Waals surface area (Å²) in [7, 11) is 0. The molecule has 2 atom stereocenters. The maximum absolute atomic E-state index is 14.8. The molecule has 10 heteroatoms.